The van der Waals surface area contributed by atoms with E-state index < -0.39 is 23.0 Å². The van der Waals surface area contributed by atoms with Crippen LogP contribution in [0.3, 0.4) is 0 Å². The molecule has 0 unspecified atom stereocenters. The summed E-state index contributed by atoms with van der Waals surface area (Å²) in [7, 11) is -2.94. The molecule has 0 aromatic heterocycles. The second-order valence-electron chi connectivity index (χ2n) is 4.17. The van der Waals surface area contributed by atoms with Crippen molar-refractivity contribution >= 4 is 21.6 Å². The van der Waals surface area contributed by atoms with Crippen LogP contribution in [0.2, 0.25) is 5.02 Å². The van der Waals surface area contributed by atoms with Crippen molar-refractivity contribution < 1.29 is 21.9 Å². The van der Waals surface area contributed by atoms with Gasteiger partial charge < -0.3 is 4.74 Å². The van der Waals surface area contributed by atoms with Crippen LogP contribution in [0, 0.1) is 0 Å². The summed E-state index contributed by atoms with van der Waals surface area (Å²) in [4.78, 5) is -0.157. The average molecular weight is 312 g/mol. The molecule has 0 amide bonds. The third kappa shape index (κ3) is 2.82. The van der Waals surface area contributed by atoms with Crippen LogP contribution in [-0.4, -0.2) is 39.3 Å². The van der Waals surface area contributed by atoms with E-state index in [1.165, 1.54) is 6.07 Å². The van der Waals surface area contributed by atoms with Crippen LogP contribution in [0.5, 0.6) is 5.75 Å². The number of benzene rings is 1. The van der Waals surface area contributed by atoms with Gasteiger partial charge in [0.05, 0.1) is 13.2 Å². The van der Waals surface area contributed by atoms with Crippen LogP contribution < -0.4 is 4.74 Å². The first-order chi connectivity index (χ1) is 8.82. The molecule has 0 atom stereocenters. The number of rotatable bonds is 4. The Kier molecular flexibility index (Phi) is 3.98. The zero-order valence-electron chi connectivity index (χ0n) is 10.1. The summed E-state index contributed by atoms with van der Waals surface area (Å²) < 4.78 is 55.0. The fourth-order valence-corrected chi connectivity index (χ4v) is 3.54. The minimum absolute atomic E-state index is 0.157. The summed E-state index contributed by atoms with van der Waals surface area (Å²) in [6.07, 6.45) is -2.19. The van der Waals surface area contributed by atoms with Gasteiger partial charge in [0, 0.05) is 24.1 Å². The number of nitrogens with zero attached hydrogens (tertiary/aromatic N) is 1. The zero-order valence-corrected chi connectivity index (χ0v) is 11.6. The fraction of sp³-hybridized carbons (Fsp3) is 0.455. The van der Waals surface area contributed by atoms with Gasteiger partial charge in [0.15, 0.2) is 0 Å². The number of fused-ring (bicyclic) bond motifs is 1. The quantitative estimate of drug-likeness (QED) is 0.856. The van der Waals surface area contributed by atoms with E-state index in [1.54, 1.807) is 6.07 Å². The van der Waals surface area contributed by atoms with Crippen LogP contribution in [0.25, 0.3) is 0 Å². The molecule has 1 heterocycles. The van der Waals surface area contributed by atoms with Gasteiger partial charge in [-0.05, 0) is 12.1 Å². The number of hydrogen-bond donors (Lipinski definition) is 0. The van der Waals surface area contributed by atoms with Crippen LogP contribution >= 0.6 is 11.6 Å². The summed E-state index contributed by atoms with van der Waals surface area (Å²) in [5, 5.41) is 0.244. The van der Waals surface area contributed by atoms with E-state index in [0.717, 1.165) is 7.05 Å². The van der Waals surface area contributed by atoms with Crippen LogP contribution in [-0.2, 0) is 16.4 Å². The number of sulfonamides is 1. The summed E-state index contributed by atoms with van der Waals surface area (Å²) in [6.45, 7) is -0.514. The van der Waals surface area contributed by atoms with Gasteiger partial charge in [0.25, 0.3) is 6.43 Å². The second-order valence-corrected chi connectivity index (χ2v) is 6.62. The highest BCUT2D eigenvalue weighted by Crippen LogP contribution is 2.36. The Labute approximate surface area is 115 Å². The van der Waals surface area contributed by atoms with Gasteiger partial charge in [-0.3, -0.25) is 0 Å². The van der Waals surface area contributed by atoms with E-state index in [9.17, 15) is 17.2 Å². The van der Waals surface area contributed by atoms with Crippen molar-refractivity contribution in [3.05, 3.63) is 22.7 Å². The van der Waals surface area contributed by atoms with Gasteiger partial charge >= 0.3 is 0 Å². The molecule has 2 rings (SSSR count). The molecule has 0 saturated heterocycles. The Morgan fingerprint density at radius 1 is 1.47 bits per heavy atom. The van der Waals surface area contributed by atoms with Crippen molar-refractivity contribution in [3.8, 4) is 5.75 Å². The maximum atomic E-state index is 12.3. The Morgan fingerprint density at radius 2 is 2.16 bits per heavy atom. The molecular formula is C11H12ClF2NO3S. The van der Waals surface area contributed by atoms with E-state index in [4.69, 9.17) is 16.3 Å². The van der Waals surface area contributed by atoms with Crippen molar-refractivity contribution in [2.45, 2.75) is 17.7 Å². The third-order valence-electron chi connectivity index (χ3n) is 2.80. The molecule has 0 aliphatic carbocycles. The molecule has 1 aromatic carbocycles. The first-order valence-electron chi connectivity index (χ1n) is 5.52. The van der Waals surface area contributed by atoms with Crippen molar-refractivity contribution in [2.24, 2.45) is 0 Å². The second kappa shape index (κ2) is 5.22. The summed E-state index contributed by atoms with van der Waals surface area (Å²) in [5.41, 5.74) is 0.677. The average Bonchev–Trinajstić information content (AvgIpc) is 2.74. The highest BCUT2D eigenvalue weighted by molar-refractivity contribution is 7.89. The maximum Gasteiger partial charge on any atom is 0.252 e. The number of halogens is 3. The molecule has 4 nitrogen and oxygen atoms in total. The van der Waals surface area contributed by atoms with Crippen LogP contribution in [0.15, 0.2) is 17.0 Å². The molecule has 0 fully saturated rings. The van der Waals surface area contributed by atoms with E-state index >= 15 is 0 Å². The lowest BCUT2D eigenvalue weighted by atomic mass is 10.2. The van der Waals surface area contributed by atoms with Gasteiger partial charge in [0.1, 0.15) is 10.6 Å². The van der Waals surface area contributed by atoms with Gasteiger partial charge in [-0.2, -0.15) is 4.31 Å². The molecule has 1 aliphatic rings. The smallest absolute Gasteiger partial charge is 0.252 e. The number of hydrogen-bond acceptors (Lipinski definition) is 3. The van der Waals surface area contributed by atoms with E-state index in [1.807, 2.05) is 0 Å². The van der Waals surface area contributed by atoms with E-state index in [-0.39, 0.29) is 15.7 Å². The SMILES string of the molecule is CN(CC(F)F)S(=O)(=O)c1cc(Cl)cc2c1OCC2. The standard InChI is InChI=1S/C11H12ClF2NO3S/c1-15(6-10(13)14)19(16,17)9-5-8(12)4-7-2-3-18-11(7)9/h4-5,10H,2-3,6H2,1H3. The minimum atomic E-state index is -4.04. The first-order valence-corrected chi connectivity index (χ1v) is 7.34. The molecule has 0 radical (unpaired) electrons. The minimum Gasteiger partial charge on any atom is -0.492 e. The van der Waals surface area contributed by atoms with E-state index in [2.05, 4.69) is 0 Å². The Morgan fingerprint density at radius 3 is 2.79 bits per heavy atom. The Hall–Kier alpha value is -0.920. The lowest BCUT2D eigenvalue weighted by Gasteiger charge is -2.18. The first kappa shape index (κ1) is 14.5. The summed E-state index contributed by atoms with van der Waals surface area (Å²) in [6, 6.07) is 2.85. The molecule has 106 valence electrons. The monoisotopic (exact) mass is 311 g/mol. The van der Waals surface area contributed by atoms with Crippen LogP contribution in [0.1, 0.15) is 5.56 Å². The molecule has 19 heavy (non-hydrogen) atoms. The van der Waals surface area contributed by atoms with Gasteiger partial charge in [-0.25, -0.2) is 17.2 Å². The van der Waals surface area contributed by atoms with Gasteiger partial charge in [-0.1, -0.05) is 11.6 Å². The number of alkyl halides is 2. The summed E-state index contributed by atoms with van der Waals surface area (Å²) >= 11 is 5.86. The fourth-order valence-electron chi connectivity index (χ4n) is 1.89. The van der Waals surface area contributed by atoms with Gasteiger partial charge in [-0.15, -0.1) is 0 Å². The van der Waals surface area contributed by atoms with Crippen LogP contribution in [0.4, 0.5) is 8.78 Å². The number of ether oxygens (including phenoxy) is 1. The topological polar surface area (TPSA) is 46.6 Å². The lowest BCUT2D eigenvalue weighted by molar-refractivity contribution is 0.126. The molecule has 0 saturated carbocycles. The van der Waals surface area contributed by atoms with Crippen molar-refractivity contribution in [2.75, 3.05) is 20.2 Å². The molecular weight excluding hydrogens is 300 g/mol. The highest BCUT2D eigenvalue weighted by Gasteiger charge is 2.30. The molecule has 0 spiro atoms. The molecule has 8 heteroatoms. The lowest BCUT2D eigenvalue weighted by Crippen LogP contribution is -2.31. The molecule has 0 N–H and O–H groups in total. The molecule has 1 aliphatic heterocycles. The molecule has 0 bridgehead atoms. The largest absolute Gasteiger partial charge is 0.492 e. The predicted octanol–water partition coefficient (Wildman–Crippen LogP) is 2.16. The normalized spacial score (nSPS) is 14.8. The Balaban J connectivity index is 2.47. The third-order valence-corrected chi connectivity index (χ3v) is 4.84. The van der Waals surface area contributed by atoms with Crippen molar-refractivity contribution in [1.29, 1.82) is 0 Å². The highest BCUT2D eigenvalue weighted by atomic mass is 35.5. The van der Waals surface area contributed by atoms with E-state index in [0.29, 0.717) is 22.9 Å². The van der Waals surface area contributed by atoms with Gasteiger partial charge in [0.2, 0.25) is 10.0 Å². The van der Waals surface area contributed by atoms with Crippen molar-refractivity contribution in [1.82, 2.24) is 4.31 Å². The maximum absolute atomic E-state index is 12.3. The molecule has 1 aromatic rings. The Bertz CT molecular complexity index is 592. The zero-order chi connectivity index (χ0) is 14.2. The van der Waals surface area contributed by atoms with Crippen molar-refractivity contribution in [3.63, 3.8) is 0 Å². The predicted molar refractivity (Wildman–Crippen MR) is 66.5 cm³/mol. The summed E-state index contributed by atoms with van der Waals surface area (Å²) in [5.74, 6) is 0.213.